The number of rotatable bonds is 0. The lowest BCUT2D eigenvalue weighted by Gasteiger charge is -1.76. The molecule has 6 heteroatoms. The lowest BCUT2D eigenvalue weighted by molar-refractivity contribution is 0.198. The molecule has 12 heavy (non-hydrogen) atoms. The van der Waals surface area contributed by atoms with Gasteiger partial charge in [-0.3, -0.25) is 12.9 Å². The van der Waals surface area contributed by atoms with Crippen LogP contribution in [0, 0.1) is 0 Å². The van der Waals surface area contributed by atoms with Gasteiger partial charge in [0.1, 0.15) is 0 Å². The van der Waals surface area contributed by atoms with Crippen molar-refractivity contribution >= 4 is 7.54 Å². The SMILES string of the molecule is C1CCOC1.CCN.FB(F)F. The molecule has 0 spiro atoms. The molecule has 0 aromatic rings. The standard InChI is InChI=1S/C4H8O.C2H7N.BF3/c1-2-4-5-3-1;1-2-3;2-1(3)4/h1-4H2;2-3H2,1H3;. The summed E-state index contributed by atoms with van der Waals surface area (Å²) >= 11 is 0. The maximum atomic E-state index is 9.67. The van der Waals surface area contributed by atoms with Gasteiger partial charge >= 0.3 is 7.54 Å². The molecule has 1 saturated heterocycles. The van der Waals surface area contributed by atoms with E-state index in [1.54, 1.807) is 0 Å². The molecule has 0 aromatic heterocycles. The van der Waals surface area contributed by atoms with E-state index in [-0.39, 0.29) is 0 Å². The van der Waals surface area contributed by atoms with E-state index in [2.05, 4.69) is 0 Å². The monoisotopic (exact) mass is 185 g/mol. The van der Waals surface area contributed by atoms with Crippen molar-refractivity contribution in [1.82, 2.24) is 0 Å². The van der Waals surface area contributed by atoms with E-state index in [1.165, 1.54) is 12.8 Å². The number of nitrogens with two attached hydrogens (primary N) is 1. The first-order valence-corrected chi connectivity index (χ1v) is 3.85. The molecule has 0 aliphatic carbocycles. The summed E-state index contributed by atoms with van der Waals surface area (Å²) in [7, 11) is -3.67. The van der Waals surface area contributed by atoms with Gasteiger partial charge in [0.25, 0.3) is 0 Å². The Hall–Kier alpha value is -0.225. The summed E-state index contributed by atoms with van der Waals surface area (Å²) in [6, 6.07) is 0. The van der Waals surface area contributed by atoms with Crippen molar-refractivity contribution in [1.29, 1.82) is 0 Å². The van der Waals surface area contributed by atoms with E-state index >= 15 is 0 Å². The second-order valence-corrected chi connectivity index (χ2v) is 1.98. The second kappa shape index (κ2) is 13.4. The Labute approximate surface area is 71.5 Å². The third-order valence-electron chi connectivity index (χ3n) is 0.827. The van der Waals surface area contributed by atoms with E-state index in [4.69, 9.17) is 10.5 Å². The quantitative estimate of drug-likeness (QED) is 0.582. The molecule has 0 amide bonds. The van der Waals surface area contributed by atoms with Crippen molar-refractivity contribution in [3.63, 3.8) is 0 Å². The molecule has 0 bridgehead atoms. The van der Waals surface area contributed by atoms with Crippen molar-refractivity contribution < 1.29 is 17.7 Å². The Morgan fingerprint density at radius 2 is 1.50 bits per heavy atom. The van der Waals surface area contributed by atoms with Gasteiger partial charge in [0.05, 0.1) is 0 Å². The van der Waals surface area contributed by atoms with Crippen LogP contribution < -0.4 is 5.73 Å². The summed E-state index contributed by atoms with van der Waals surface area (Å²) in [4.78, 5) is 0. The molecule has 2 N–H and O–H groups in total. The number of hydrogen-bond donors (Lipinski definition) is 1. The van der Waals surface area contributed by atoms with Crippen molar-refractivity contribution in [2.75, 3.05) is 19.8 Å². The molecular weight excluding hydrogens is 170 g/mol. The zero-order chi connectivity index (χ0) is 9.82. The molecule has 0 atom stereocenters. The van der Waals surface area contributed by atoms with E-state index in [0.29, 0.717) is 0 Å². The van der Waals surface area contributed by atoms with Crippen LogP contribution in [0.25, 0.3) is 0 Å². The summed E-state index contributed by atoms with van der Waals surface area (Å²) in [5, 5.41) is 0. The third kappa shape index (κ3) is 33.0. The summed E-state index contributed by atoms with van der Waals surface area (Å²) < 4.78 is 33.9. The Morgan fingerprint density at radius 1 is 1.25 bits per heavy atom. The Balaban J connectivity index is 0. The maximum Gasteiger partial charge on any atom is 0.762 e. The fourth-order valence-electron chi connectivity index (χ4n) is 0.510. The van der Waals surface area contributed by atoms with Gasteiger partial charge in [0.2, 0.25) is 0 Å². The summed E-state index contributed by atoms with van der Waals surface area (Å²) in [5.41, 5.74) is 4.85. The highest BCUT2D eigenvalue weighted by molar-refractivity contribution is 6.33. The fourth-order valence-corrected chi connectivity index (χ4v) is 0.510. The largest absolute Gasteiger partial charge is 0.762 e. The van der Waals surface area contributed by atoms with E-state index < -0.39 is 7.54 Å². The molecule has 2 nitrogen and oxygen atoms in total. The Kier molecular flexibility index (Phi) is 15.9. The Morgan fingerprint density at radius 3 is 1.58 bits per heavy atom. The van der Waals surface area contributed by atoms with Gasteiger partial charge in [-0.15, -0.1) is 0 Å². The zero-order valence-electron chi connectivity index (χ0n) is 7.23. The predicted molar refractivity (Wildman–Crippen MR) is 43.9 cm³/mol. The average molecular weight is 185 g/mol. The minimum absolute atomic E-state index is 0.750. The second-order valence-electron chi connectivity index (χ2n) is 1.98. The van der Waals surface area contributed by atoms with Crippen molar-refractivity contribution in [2.45, 2.75) is 19.8 Å². The summed E-state index contributed by atoms with van der Waals surface area (Å²) in [6.45, 7) is 4.65. The normalized spacial score (nSPS) is 13.8. The van der Waals surface area contributed by atoms with E-state index in [1.807, 2.05) is 6.92 Å². The van der Waals surface area contributed by atoms with Gasteiger partial charge in [-0.25, -0.2) is 0 Å². The molecule has 0 saturated carbocycles. The van der Waals surface area contributed by atoms with Gasteiger partial charge in [-0.05, 0) is 19.4 Å². The van der Waals surface area contributed by atoms with Crippen molar-refractivity contribution in [3.8, 4) is 0 Å². The first-order valence-electron chi connectivity index (χ1n) is 3.85. The topological polar surface area (TPSA) is 35.2 Å². The summed E-state index contributed by atoms with van der Waals surface area (Å²) in [6.07, 6.45) is 2.56. The minimum Gasteiger partial charge on any atom is -0.381 e. The average Bonchev–Trinajstić information content (AvgIpc) is 2.40. The molecule has 1 heterocycles. The Bertz CT molecular complexity index is 63.4. The van der Waals surface area contributed by atoms with E-state index in [0.717, 1.165) is 19.8 Å². The van der Waals surface area contributed by atoms with Crippen LogP contribution in [0.4, 0.5) is 12.9 Å². The number of hydrogen-bond acceptors (Lipinski definition) is 2. The molecule has 0 aromatic carbocycles. The molecular formula is C6H15BF3NO. The zero-order valence-corrected chi connectivity index (χ0v) is 7.23. The highest BCUT2D eigenvalue weighted by atomic mass is 19.4. The molecule has 1 rings (SSSR count). The molecule has 0 radical (unpaired) electrons. The van der Waals surface area contributed by atoms with Crippen LogP contribution in [-0.2, 0) is 4.74 Å². The predicted octanol–water partition coefficient (Wildman–Crippen LogP) is 1.64. The first kappa shape index (κ1) is 14.3. The van der Waals surface area contributed by atoms with Crippen LogP contribution in [0.1, 0.15) is 19.8 Å². The van der Waals surface area contributed by atoms with Gasteiger partial charge < -0.3 is 10.5 Å². The van der Waals surface area contributed by atoms with Gasteiger partial charge in [-0.2, -0.15) is 0 Å². The van der Waals surface area contributed by atoms with Gasteiger partial charge in [-0.1, -0.05) is 6.92 Å². The number of halogens is 3. The molecule has 0 unspecified atom stereocenters. The number of ether oxygens (including phenoxy) is 1. The van der Waals surface area contributed by atoms with E-state index in [9.17, 15) is 12.9 Å². The van der Waals surface area contributed by atoms with Crippen LogP contribution in [-0.4, -0.2) is 27.3 Å². The highest BCUT2D eigenvalue weighted by Gasteiger charge is 2.06. The van der Waals surface area contributed by atoms with Crippen LogP contribution in [0.3, 0.4) is 0 Å². The molecule has 1 aliphatic rings. The van der Waals surface area contributed by atoms with Crippen LogP contribution >= 0.6 is 0 Å². The van der Waals surface area contributed by atoms with Crippen molar-refractivity contribution in [2.24, 2.45) is 5.73 Å². The summed E-state index contributed by atoms with van der Waals surface area (Å²) in [5.74, 6) is 0. The minimum atomic E-state index is -3.67. The smallest absolute Gasteiger partial charge is 0.381 e. The lowest BCUT2D eigenvalue weighted by atomic mass is 10.4. The maximum absolute atomic E-state index is 9.67. The van der Waals surface area contributed by atoms with Crippen LogP contribution in [0.2, 0.25) is 0 Å². The molecule has 1 fully saturated rings. The fraction of sp³-hybridized carbons (Fsp3) is 1.00. The third-order valence-corrected chi connectivity index (χ3v) is 0.827. The van der Waals surface area contributed by atoms with Gasteiger partial charge in [0, 0.05) is 13.2 Å². The highest BCUT2D eigenvalue weighted by Crippen LogP contribution is 1.98. The van der Waals surface area contributed by atoms with Crippen LogP contribution in [0.15, 0.2) is 0 Å². The van der Waals surface area contributed by atoms with Crippen molar-refractivity contribution in [3.05, 3.63) is 0 Å². The lowest BCUT2D eigenvalue weighted by Crippen LogP contribution is -1.87. The molecule has 1 aliphatic heterocycles. The van der Waals surface area contributed by atoms with Crippen LogP contribution in [0.5, 0.6) is 0 Å². The molecule has 74 valence electrons. The first-order chi connectivity index (χ1) is 5.65. The van der Waals surface area contributed by atoms with Gasteiger partial charge in [0.15, 0.2) is 0 Å².